The van der Waals surface area contributed by atoms with Gasteiger partial charge in [0.15, 0.2) is 5.82 Å². The van der Waals surface area contributed by atoms with E-state index in [-0.39, 0.29) is 17.5 Å². The molecule has 218 valence electrons. The van der Waals surface area contributed by atoms with Gasteiger partial charge >= 0.3 is 0 Å². The highest BCUT2D eigenvalue weighted by Crippen LogP contribution is 2.36. The number of halogens is 1. The van der Waals surface area contributed by atoms with E-state index in [9.17, 15) is 9.50 Å². The first kappa shape index (κ1) is 27.9. The standard InChI is InChI=1S/C32H36FN7O2/c1-38-15-17-39(18-16-38)23-10-8-22(9-11-23)25-20-35-30(19-27(25)40-14-4-5-24(41)21-40)36-29-12-13-34-32(37-29)31-26(33)6-3-7-28(31)42-2/h3,6-13,19-20,24,41H,4-5,14-18,21H2,1-2H3,(H,34,35,36,37)/t24-/m0/s1. The Kier molecular flexibility index (Phi) is 8.16. The van der Waals surface area contributed by atoms with Crippen LogP contribution in [0.25, 0.3) is 22.5 Å². The number of piperidine rings is 1. The van der Waals surface area contributed by atoms with Crippen molar-refractivity contribution in [2.45, 2.75) is 18.9 Å². The highest BCUT2D eigenvalue weighted by Gasteiger charge is 2.22. The molecule has 9 nitrogen and oxygen atoms in total. The van der Waals surface area contributed by atoms with Crippen molar-refractivity contribution in [1.82, 2.24) is 19.9 Å². The number of hydrogen-bond donors (Lipinski definition) is 2. The number of nitrogens with one attached hydrogen (secondary N) is 1. The summed E-state index contributed by atoms with van der Waals surface area (Å²) < 4.78 is 20.0. The molecule has 2 saturated heterocycles. The number of nitrogens with zero attached hydrogens (tertiary/aromatic N) is 6. The van der Waals surface area contributed by atoms with Gasteiger partial charge in [-0.05, 0) is 55.8 Å². The number of methoxy groups -OCH3 is 1. The molecule has 0 unspecified atom stereocenters. The molecule has 0 spiro atoms. The molecule has 0 saturated carbocycles. The quantitative estimate of drug-likeness (QED) is 0.326. The summed E-state index contributed by atoms with van der Waals surface area (Å²) >= 11 is 0. The summed E-state index contributed by atoms with van der Waals surface area (Å²) in [4.78, 5) is 20.6. The summed E-state index contributed by atoms with van der Waals surface area (Å²) in [5, 5.41) is 13.7. The highest BCUT2D eigenvalue weighted by molar-refractivity contribution is 5.81. The number of aromatic nitrogens is 3. The monoisotopic (exact) mass is 569 g/mol. The van der Waals surface area contributed by atoms with E-state index < -0.39 is 5.82 Å². The summed E-state index contributed by atoms with van der Waals surface area (Å²) in [6.07, 6.45) is 4.77. The van der Waals surface area contributed by atoms with Crippen molar-refractivity contribution in [3.8, 4) is 28.3 Å². The molecule has 2 aromatic carbocycles. The number of likely N-dealkylation sites (N-methyl/N-ethyl adjacent to an activating group) is 1. The Morgan fingerprint density at radius 3 is 2.52 bits per heavy atom. The van der Waals surface area contributed by atoms with Crippen LogP contribution in [-0.2, 0) is 0 Å². The van der Waals surface area contributed by atoms with Crippen LogP contribution in [0, 0.1) is 5.82 Å². The molecule has 1 atom stereocenters. The second-order valence-corrected chi connectivity index (χ2v) is 10.9. The van der Waals surface area contributed by atoms with E-state index >= 15 is 0 Å². The lowest BCUT2D eigenvalue weighted by Crippen LogP contribution is -2.44. The SMILES string of the molecule is COc1cccc(F)c1-c1nccc(Nc2cc(N3CCC[C@H](O)C3)c(-c3ccc(N4CCN(C)CC4)cc3)cn2)n1. The number of pyridine rings is 1. The predicted octanol–water partition coefficient (Wildman–Crippen LogP) is 4.81. The first-order valence-electron chi connectivity index (χ1n) is 14.4. The van der Waals surface area contributed by atoms with Crippen molar-refractivity contribution in [3.05, 3.63) is 72.8 Å². The average Bonchev–Trinajstić information content (AvgIpc) is 3.01. The Labute approximate surface area is 245 Å². The minimum atomic E-state index is -0.460. The summed E-state index contributed by atoms with van der Waals surface area (Å²) in [7, 11) is 3.65. The highest BCUT2D eigenvalue weighted by atomic mass is 19.1. The van der Waals surface area contributed by atoms with Crippen molar-refractivity contribution < 1.29 is 14.2 Å². The first-order valence-corrected chi connectivity index (χ1v) is 14.4. The lowest BCUT2D eigenvalue weighted by Gasteiger charge is -2.34. The van der Waals surface area contributed by atoms with Crippen molar-refractivity contribution in [2.24, 2.45) is 0 Å². The van der Waals surface area contributed by atoms with E-state index in [2.05, 4.69) is 61.3 Å². The number of hydrogen-bond acceptors (Lipinski definition) is 9. The van der Waals surface area contributed by atoms with Crippen LogP contribution in [0.3, 0.4) is 0 Å². The zero-order chi connectivity index (χ0) is 29.1. The smallest absolute Gasteiger partial charge is 0.168 e. The Morgan fingerprint density at radius 2 is 1.76 bits per heavy atom. The predicted molar refractivity (Wildman–Crippen MR) is 164 cm³/mol. The normalized spacial score (nSPS) is 17.8. The minimum absolute atomic E-state index is 0.204. The Morgan fingerprint density at radius 1 is 0.952 bits per heavy atom. The molecular formula is C32H36FN7O2. The van der Waals surface area contributed by atoms with Crippen LogP contribution in [0.5, 0.6) is 5.75 Å². The number of ether oxygens (including phenoxy) is 1. The van der Waals surface area contributed by atoms with Crippen molar-refractivity contribution in [1.29, 1.82) is 0 Å². The van der Waals surface area contributed by atoms with Gasteiger partial charge in [0.2, 0.25) is 0 Å². The third-order valence-electron chi connectivity index (χ3n) is 8.00. The van der Waals surface area contributed by atoms with E-state index in [0.717, 1.165) is 62.4 Å². The maximum absolute atomic E-state index is 14.7. The average molecular weight is 570 g/mol. The fourth-order valence-corrected chi connectivity index (χ4v) is 5.66. The van der Waals surface area contributed by atoms with Crippen LogP contribution >= 0.6 is 0 Å². The zero-order valence-corrected chi connectivity index (χ0v) is 24.0. The van der Waals surface area contributed by atoms with Gasteiger partial charge in [-0.25, -0.2) is 19.3 Å². The maximum atomic E-state index is 14.7. The summed E-state index contributed by atoms with van der Waals surface area (Å²) in [6, 6.07) is 17.0. The van der Waals surface area contributed by atoms with Gasteiger partial charge in [-0.15, -0.1) is 0 Å². The van der Waals surface area contributed by atoms with Crippen molar-refractivity contribution in [2.75, 3.05) is 68.5 Å². The van der Waals surface area contributed by atoms with Crippen molar-refractivity contribution >= 4 is 23.0 Å². The fourth-order valence-electron chi connectivity index (χ4n) is 5.66. The van der Waals surface area contributed by atoms with Gasteiger partial charge in [0.25, 0.3) is 0 Å². The molecule has 42 heavy (non-hydrogen) atoms. The molecule has 4 aromatic rings. The molecule has 0 amide bonds. The van der Waals surface area contributed by atoms with E-state index in [0.29, 0.717) is 23.9 Å². The fraction of sp³-hybridized carbons (Fsp3) is 0.344. The summed E-state index contributed by atoms with van der Waals surface area (Å²) in [5.41, 5.74) is 4.48. The van der Waals surface area contributed by atoms with Crippen molar-refractivity contribution in [3.63, 3.8) is 0 Å². The van der Waals surface area contributed by atoms with Crippen LogP contribution in [0.4, 0.5) is 27.4 Å². The number of piperazine rings is 1. The number of β-amino-alcohol motifs (C(OH)–C–C–N with tert-alkyl or cyclic N) is 1. The number of aliphatic hydroxyl groups is 1. The molecule has 0 radical (unpaired) electrons. The third-order valence-corrected chi connectivity index (χ3v) is 8.00. The molecule has 0 bridgehead atoms. The minimum Gasteiger partial charge on any atom is -0.496 e. The molecule has 2 fully saturated rings. The topological polar surface area (TPSA) is 89.9 Å². The van der Waals surface area contributed by atoms with E-state index in [4.69, 9.17) is 9.72 Å². The van der Waals surface area contributed by atoms with Gasteiger partial charge in [-0.2, -0.15) is 0 Å². The molecule has 10 heteroatoms. The second-order valence-electron chi connectivity index (χ2n) is 10.9. The Balaban J connectivity index is 1.30. The molecule has 2 N–H and O–H groups in total. The van der Waals surface area contributed by atoms with Crippen LogP contribution < -0.4 is 19.9 Å². The Bertz CT molecular complexity index is 1530. The number of anilines is 4. The molecule has 6 rings (SSSR count). The van der Waals surface area contributed by atoms with Crippen LogP contribution in [0.15, 0.2) is 67.0 Å². The summed E-state index contributed by atoms with van der Waals surface area (Å²) in [5.74, 6) is 1.18. The molecule has 0 aliphatic carbocycles. The summed E-state index contributed by atoms with van der Waals surface area (Å²) in [6.45, 7) is 5.55. The number of benzene rings is 2. The second kappa shape index (κ2) is 12.3. The van der Waals surface area contributed by atoms with Gasteiger partial charge in [-0.1, -0.05) is 18.2 Å². The molecule has 4 heterocycles. The van der Waals surface area contributed by atoms with E-state index in [1.54, 1.807) is 24.4 Å². The molecule has 2 aliphatic heterocycles. The first-order chi connectivity index (χ1) is 20.5. The van der Waals surface area contributed by atoms with Gasteiger partial charge < -0.3 is 29.9 Å². The van der Waals surface area contributed by atoms with E-state index in [1.165, 1.54) is 18.9 Å². The number of aliphatic hydroxyl groups excluding tert-OH is 1. The molecule has 2 aliphatic rings. The van der Waals surface area contributed by atoms with Gasteiger partial charge in [0.1, 0.15) is 23.2 Å². The van der Waals surface area contributed by atoms with Crippen LogP contribution in [0.2, 0.25) is 0 Å². The Hall–Kier alpha value is -4.28. The zero-order valence-electron chi connectivity index (χ0n) is 24.0. The van der Waals surface area contributed by atoms with Gasteiger partial charge in [0.05, 0.1) is 18.8 Å². The van der Waals surface area contributed by atoms with Gasteiger partial charge in [0, 0.05) is 74.7 Å². The lowest BCUT2D eigenvalue weighted by atomic mass is 10.0. The largest absolute Gasteiger partial charge is 0.496 e. The molecular weight excluding hydrogens is 533 g/mol. The maximum Gasteiger partial charge on any atom is 0.168 e. The van der Waals surface area contributed by atoms with Crippen LogP contribution in [0.1, 0.15) is 12.8 Å². The van der Waals surface area contributed by atoms with Crippen LogP contribution in [-0.4, -0.2) is 84.5 Å². The molecule has 2 aromatic heterocycles. The third kappa shape index (κ3) is 6.00. The lowest BCUT2D eigenvalue weighted by molar-refractivity contribution is 0.154. The van der Waals surface area contributed by atoms with E-state index in [1.807, 2.05) is 12.3 Å². The number of rotatable bonds is 7. The van der Waals surface area contributed by atoms with Gasteiger partial charge in [-0.3, -0.25) is 0 Å².